The van der Waals surface area contributed by atoms with Crippen molar-refractivity contribution in [1.29, 1.82) is 0 Å². The Morgan fingerprint density at radius 2 is 1.47 bits per heavy atom. The summed E-state index contributed by atoms with van der Waals surface area (Å²) in [6.07, 6.45) is 0. The van der Waals surface area contributed by atoms with Crippen LogP contribution in [0.1, 0.15) is 11.1 Å². The monoisotopic (exact) mass is 258 g/mol. The van der Waals surface area contributed by atoms with Crippen molar-refractivity contribution in [2.45, 2.75) is 10.7 Å². The van der Waals surface area contributed by atoms with E-state index in [4.69, 9.17) is 34.8 Å². The van der Waals surface area contributed by atoms with Crippen LogP contribution in [-0.4, -0.2) is 0 Å². The van der Waals surface area contributed by atoms with Crippen LogP contribution in [-0.2, 0) is 3.79 Å². The van der Waals surface area contributed by atoms with Crippen LogP contribution in [0.15, 0.2) is 36.4 Å². The quantitative estimate of drug-likeness (QED) is 0.586. The summed E-state index contributed by atoms with van der Waals surface area (Å²) >= 11 is 17.8. The third-order valence-corrected chi connectivity index (χ3v) is 3.06. The van der Waals surface area contributed by atoms with Gasteiger partial charge in [-0.1, -0.05) is 71.2 Å². The molecule has 0 saturated carbocycles. The zero-order chi connectivity index (χ0) is 11.1. The number of aryl methyl sites for hydroxylation is 1. The molecule has 78 valence electrons. The Labute approximate surface area is 104 Å². The van der Waals surface area contributed by atoms with E-state index in [0.717, 1.165) is 16.3 Å². The van der Waals surface area contributed by atoms with E-state index < -0.39 is 3.79 Å². The number of rotatable bonds is 0. The molecule has 0 amide bonds. The summed E-state index contributed by atoms with van der Waals surface area (Å²) in [5.74, 6) is 0. The molecule has 0 aliphatic rings. The predicted octanol–water partition coefficient (Wildman–Crippen LogP) is 4.97. The van der Waals surface area contributed by atoms with Gasteiger partial charge in [0.15, 0.2) is 0 Å². The molecule has 0 nitrogen and oxygen atoms in total. The van der Waals surface area contributed by atoms with Gasteiger partial charge < -0.3 is 0 Å². The summed E-state index contributed by atoms with van der Waals surface area (Å²) in [5.41, 5.74) is 1.91. The molecule has 0 aliphatic carbocycles. The van der Waals surface area contributed by atoms with E-state index in [9.17, 15) is 0 Å². The molecular weight excluding hydrogens is 250 g/mol. The zero-order valence-electron chi connectivity index (χ0n) is 8.10. The first-order valence-electron chi connectivity index (χ1n) is 4.55. The number of alkyl halides is 3. The highest BCUT2D eigenvalue weighted by atomic mass is 35.6. The average Bonchev–Trinajstić information content (AvgIpc) is 2.17. The number of benzene rings is 2. The molecule has 2 aromatic rings. The standard InChI is InChI=1S/C12H9Cl3/c1-8-6-7-11(12(13,14)15)10-5-3-2-4-9(8)10/h2-7H,1H3. The molecule has 0 saturated heterocycles. The Balaban J connectivity index is 2.84. The molecule has 2 aromatic carbocycles. The minimum Gasteiger partial charge on any atom is -0.0784 e. The highest BCUT2D eigenvalue weighted by Crippen LogP contribution is 2.42. The van der Waals surface area contributed by atoms with E-state index in [1.165, 1.54) is 5.56 Å². The Morgan fingerprint density at radius 1 is 0.867 bits per heavy atom. The molecule has 2 rings (SSSR count). The molecule has 0 spiro atoms. The van der Waals surface area contributed by atoms with E-state index in [1.54, 1.807) is 0 Å². The summed E-state index contributed by atoms with van der Waals surface area (Å²) in [7, 11) is 0. The largest absolute Gasteiger partial charge is 0.216 e. The molecule has 15 heavy (non-hydrogen) atoms. The number of halogens is 3. The van der Waals surface area contributed by atoms with Crippen LogP contribution in [0.25, 0.3) is 10.8 Å². The number of fused-ring (bicyclic) bond motifs is 1. The van der Waals surface area contributed by atoms with E-state index in [1.807, 2.05) is 43.3 Å². The van der Waals surface area contributed by atoms with Crippen molar-refractivity contribution in [2.75, 3.05) is 0 Å². The van der Waals surface area contributed by atoms with Crippen LogP contribution in [0, 0.1) is 6.92 Å². The van der Waals surface area contributed by atoms with Gasteiger partial charge in [-0.25, -0.2) is 0 Å². The second-order valence-corrected chi connectivity index (χ2v) is 5.75. The predicted molar refractivity (Wildman–Crippen MR) is 67.9 cm³/mol. The van der Waals surface area contributed by atoms with Crippen molar-refractivity contribution in [2.24, 2.45) is 0 Å². The van der Waals surface area contributed by atoms with Gasteiger partial charge in [0.05, 0.1) is 0 Å². The molecule has 0 bridgehead atoms. The van der Waals surface area contributed by atoms with Crippen molar-refractivity contribution >= 4 is 45.6 Å². The molecule has 0 radical (unpaired) electrons. The second-order valence-electron chi connectivity index (χ2n) is 3.47. The second kappa shape index (κ2) is 3.86. The molecule has 0 aliphatic heterocycles. The van der Waals surface area contributed by atoms with Crippen LogP contribution in [0.3, 0.4) is 0 Å². The molecule has 0 aromatic heterocycles. The van der Waals surface area contributed by atoms with Crippen LogP contribution >= 0.6 is 34.8 Å². The van der Waals surface area contributed by atoms with Gasteiger partial charge in [0.2, 0.25) is 3.79 Å². The van der Waals surface area contributed by atoms with Crippen molar-refractivity contribution in [3.8, 4) is 0 Å². The highest BCUT2D eigenvalue weighted by Gasteiger charge is 2.24. The lowest BCUT2D eigenvalue weighted by atomic mass is 10.0. The van der Waals surface area contributed by atoms with Gasteiger partial charge in [-0.3, -0.25) is 0 Å². The molecule has 0 heterocycles. The maximum absolute atomic E-state index is 5.92. The zero-order valence-corrected chi connectivity index (χ0v) is 10.4. The van der Waals surface area contributed by atoms with Crippen LogP contribution in [0.4, 0.5) is 0 Å². The normalized spacial score (nSPS) is 12.0. The van der Waals surface area contributed by atoms with Gasteiger partial charge in [-0.2, -0.15) is 0 Å². The number of hydrogen-bond donors (Lipinski definition) is 0. The first kappa shape index (κ1) is 11.1. The average molecular weight is 260 g/mol. The van der Waals surface area contributed by atoms with Crippen LogP contribution < -0.4 is 0 Å². The number of hydrogen-bond acceptors (Lipinski definition) is 0. The first-order valence-corrected chi connectivity index (χ1v) is 5.69. The fraction of sp³-hybridized carbons (Fsp3) is 0.167. The Hall–Kier alpha value is -0.430. The fourth-order valence-corrected chi connectivity index (χ4v) is 2.19. The summed E-state index contributed by atoms with van der Waals surface area (Å²) in [5, 5.41) is 2.12. The summed E-state index contributed by atoms with van der Waals surface area (Å²) in [4.78, 5) is 0. The van der Waals surface area contributed by atoms with Crippen LogP contribution in [0.2, 0.25) is 0 Å². The van der Waals surface area contributed by atoms with Gasteiger partial charge >= 0.3 is 0 Å². The lowest BCUT2D eigenvalue weighted by Crippen LogP contribution is -2.01. The fourth-order valence-electron chi connectivity index (χ4n) is 1.70. The maximum Gasteiger partial charge on any atom is 0.216 e. The Morgan fingerprint density at radius 3 is 2.07 bits per heavy atom. The smallest absolute Gasteiger partial charge is 0.0784 e. The van der Waals surface area contributed by atoms with E-state index >= 15 is 0 Å². The lowest BCUT2D eigenvalue weighted by molar-refractivity contribution is 1.27. The van der Waals surface area contributed by atoms with Gasteiger partial charge in [0, 0.05) is 5.56 Å². The molecule has 0 fully saturated rings. The highest BCUT2D eigenvalue weighted by molar-refractivity contribution is 6.67. The SMILES string of the molecule is Cc1ccc(C(Cl)(Cl)Cl)c2ccccc12. The van der Waals surface area contributed by atoms with Crippen molar-refractivity contribution < 1.29 is 0 Å². The molecule has 0 unspecified atom stereocenters. The van der Waals surface area contributed by atoms with Crippen LogP contribution in [0.5, 0.6) is 0 Å². The molecule has 3 heteroatoms. The topological polar surface area (TPSA) is 0 Å². The summed E-state index contributed by atoms with van der Waals surface area (Å²) < 4.78 is -1.37. The third kappa shape index (κ3) is 2.08. The summed E-state index contributed by atoms with van der Waals surface area (Å²) in [6.45, 7) is 2.05. The molecule has 0 atom stereocenters. The van der Waals surface area contributed by atoms with Gasteiger partial charge in [-0.05, 0) is 23.3 Å². The third-order valence-electron chi connectivity index (χ3n) is 2.45. The van der Waals surface area contributed by atoms with Crippen molar-refractivity contribution in [1.82, 2.24) is 0 Å². The van der Waals surface area contributed by atoms with Gasteiger partial charge in [0.1, 0.15) is 0 Å². The van der Waals surface area contributed by atoms with Gasteiger partial charge in [0.25, 0.3) is 0 Å². The van der Waals surface area contributed by atoms with Gasteiger partial charge in [-0.15, -0.1) is 0 Å². The van der Waals surface area contributed by atoms with E-state index in [-0.39, 0.29) is 0 Å². The van der Waals surface area contributed by atoms with Crippen molar-refractivity contribution in [3.63, 3.8) is 0 Å². The Kier molecular flexibility index (Phi) is 2.85. The molecule has 0 N–H and O–H groups in total. The summed E-state index contributed by atoms with van der Waals surface area (Å²) in [6, 6.07) is 11.8. The molecular formula is C12H9Cl3. The lowest BCUT2D eigenvalue weighted by Gasteiger charge is -2.15. The van der Waals surface area contributed by atoms with E-state index in [2.05, 4.69) is 0 Å². The first-order chi connectivity index (χ1) is 7.00. The van der Waals surface area contributed by atoms with Crippen molar-refractivity contribution in [3.05, 3.63) is 47.5 Å². The maximum atomic E-state index is 5.92. The van der Waals surface area contributed by atoms with E-state index in [0.29, 0.717) is 0 Å². The minimum atomic E-state index is -1.37. The Bertz CT molecular complexity index is 498. The minimum absolute atomic E-state index is 0.730.